The van der Waals surface area contributed by atoms with E-state index < -0.39 is 0 Å². The topological polar surface area (TPSA) is 71.9 Å². The lowest BCUT2D eigenvalue weighted by Gasteiger charge is -2.03. The fraction of sp³-hybridized carbons (Fsp3) is 0.250. The van der Waals surface area contributed by atoms with Crippen molar-refractivity contribution in [3.63, 3.8) is 0 Å². The van der Waals surface area contributed by atoms with Crippen LogP contribution in [-0.4, -0.2) is 18.1 Å². The first-order chi connectivity index (χ1) is 5.88. The molecule has 0 bridgehead atoms. The van der Waals surface area contributed by atoms with Crippen molar-refractivity contribution in [2.75, 3.05) is 13.2 Å². The van der Waals surface area contributed by atoms with Crippen LogP contribution in [0.4, 0.5) is 0 Å². The monoisotopic (exact) mass is 163 g/mol. The average molecular weight is 163 g/mol. The van der Waals surface area contributed by atoms with Crippen LogP contribution < -0.4 is 10.5 Å². The second kappa shape index (κ2) is 4.31. The number of nitrogens with zero attached hydrogens (tertiary/aromatic N) is 2. The van der Waals surface area contributed by atoms with Gasteiger partial charge in [-0.3, -0.25) is 0 Å². The minimum Gasteiger partial charge on any atom is -0.475 e. The lowest BCUT2D eigenvalue weighted by atomic mass is 10.3. The zero-order chi connectivity index (χ0) is 8.81. The molecule has 0 aliphatic heterocycles. The highest BCUT2D eigenvalue weighted by atomic mass is 16.5. The molecule has 12 heavy (non-hydrogen) atoms. The molecular weight excluding hydrogens is 154 g/mol. The van der Waals surface area contributed by atoms with Crippen molar-refractivity contribution in [1.82, 2.24) is 4.98 Å². The highest BCUT2D eigenvalue weighted by Gasteiger charge is 2.01. The van der Waals surface area contributed by atoms with E-state index in [0.717, 1.165) is 0 Å². The van der Waals surface area contributed by atoms with Crippen LogP contribution in [0.1, 0.15) is 5.56 Å². The fourth-order valence-electron chi connectivity index (χ4n) is 0.747. The van der Waals surface area contributed by atoms with Gasteiger partial charge in [-0.05, 0) is 12.1 Å². The molecule has 1 aromatic rings. The van der Waals surface area contributed by atoms with Gasteiger partial charge < -0.3 is 10.5 Å². The first-order valence-electron chi connectivity index (χ1n) is 3.56. The van der Waals surface area contributed by atoms with Crippen molar-refractivity contribution in [2.24, 2.45) is 5.73 Å². The second-order valence-corrected chi connectivity index (χ2v) is 2.11. The van der Waals surface area contributed by atoms with Gasteiger partial charge in [0, 0.05) is 12.7 Å². The predicted octanol–water partition coefficient (Wildman–Crippen LogP) is 0.291. The number of hydrogen-bond donors (Lipinski definition) is 1. The summed E-state index contributed by atoms with van der Waals surface area (Å²) >= 11 is 0. The van der Waals surface area contributed by atoms with Gasteiger partial charge in [0.15, 0.2) is 0 Å². The minimum absolute atomic E-state index is 0.352. The molecule has 0 radical (unpaired) electrons. The van der Waals surface area contributed by atoms with Gasteiger partial charge in [-0.1, -0.05) is 0 Å². The number of ether oxygens (including phenoxy) is 1. The summed E-state index contributed by atoms with van der Waals surface area (Å²) < 4.78 is 5.12. The highest BCUT2D eigenvalue weighted by Crippen LogP contribution is 2.11. The number of aromatic nitrogens is 1. The van der Waals surface area contributed by atoms with E-state index in [4.69, 9.17) is 15.7 Å². The highest BCUT2D eigenvalue weighted by molar-refractivity contribution is 5.36. The molecule has 62 valence electrons. The number of pyridine rings is 1. The summed E-state index contributed by atoms with van der Waals surface area (Å²) in [6.07, 6.45) is 1.58. The lowest BCUT2D eigenvalue weighted by Crippen LogP contribution is -2.11. The normalized spacial score (nSPS) is 9.00. The molecule has 0 saturated carbocycles. The van der Waals surface area contributed by atoms with Crippen molar-refractivity contribution < 1.29 is 4.74 Å². The average Bonchev–Trinajstić information content (AvgIpc) is 2.15. The summed E-state index contributed by atoms with van der Waals surface area (Å²) in [6, 6.07) is 5.32. The Labute approximate surface area is 70.6 Å². The molecule has 0 aliphatic rings. The second-order valence-electron chi connectivity index (χ2n) is 2.11. The van der Waals surface area contributed by atoms with E-state index >= 15 is 0 Å². The number of hydrogen-bond acceptors (Lipinski definition) is 4. The number of nitriles is 1. The van der Waals surface area contributed by atoms with Gasteiger partial charge >= 0.3 is 0 Å². The van der Waals surface area contributed by atoms with E-state index in [1.54, 1.807) is 18.3 Å². The maximum absolute atomic E-state index is 8.62. The number of nitrogens with two attached hydrogens (primary N) is 1. The van der Waals surface area contributed by atoms with Crippen LogP contribution in [0, 0.1) is 11.3 Å². The standard InChI is InChI=1S/C8H9N3O/c9-3-5-12-8-7(6-10)2-1-4-11-8/h1-2,4H,3,5,9H2. The molecule has 4 nitrogen and oxygen atoms in total. The molecule has 0 unspecified atom stereocenters. The van der Waals surface area contributed by atoms with Gasteiger partial charge in [0.1, 0.15) is 18.2 Å². The van der Waals surface area contributed by atoms with Crippen LogP contribution in [0.15, 0.2) is 18.3 Å². The Kier molecular flexibility index (Phi) is 3.05. The molecule has 0 spiro atoms. The molecule has 0 aromatic carbocycles. The van der Waals surface area contributed by atoms with Gasteiger partial charge in [0.2, 0.25) is 5.88 Å². The van der Waals surface area contributed by atoms with Gasteiger partial charge in [-0.2, -0.15) is 5.26 Å². The van der Waals surface area contributed by atoms with Gasteiger partial charge in [0.25, 0.3) is 0 Å². The zero-order valence-electron chi connectivity index (χ0n) is 6.53. The Balaban J connectivity index is 2.77. The summed E-state index contributed by atoms with van der Waals surface area (Å²) in [7, 11) is 0. The summed E-state index contributed by atoms with van der Waals surface area (Å²) in [5, 5.41) is 8.62. The molecule has 0 atom stereocenters. The first-order valence-corrected chi connectivity index (χ1v) is 3.56. The Morgan fingerprint density at radius 3 is 3.17 bits per heavy atom. The largest absolute Gasteiger partial charge is 0.475 e. The van der Waals surface area contributed by atoms with Crippen LogP contribution in [0.25, 0.3) is 0 Å². The van der Waals surface area contributed by atoms with Crippen molar-refractivity contribution >= 4 is 0 Å². The quantitative estimate of drug-likeness (QED) is 0.695. The molecule has 1 rings (SSSR count). The van der Waals surface area contributed by atoms with Crippen LogP contribution in [-0.2, 0) is 0 Å². The Morgan fingerprint density at radius 1 is 1.67 bits per heavy atom. The Hall–Kier alpha value is -1.60. The smallest absolute Gasteiger partial charge is 0.231 e. The summed E-state index contributed by atoms with van der Waals surface area (Å²) in [5.74, 6) is 0.352. The zero-order valence-corrected chi connectivity index (χ0v) is 6.53. The van der Waals surface area contributed by atoms with Crippen molar-refractivity contribution in [3.8, 4) is 11.9 Å². The van der Waals surface area contributed by atoms with E-state index in [0.29, 0.717) is 24.6 Å². The molecule has 4 heteroatoms. The van der Waals surface area contributed by atoms with E-state index in [-0.39, 0.29) is 0 Å². The summed E-state index contributed by atoms with van der Waals surface area (Å²) in [5.41, 5.74) is 5.67. The summed E-state index contributed by atoms with van der Waals surface area (Å²) in [6.45, 7) is 0.799. The van der Waals surface area contributed by atoms with E-state index in [1.165, 1.54) is 0 Å². The fourth-order valence-corrected chi connectivity index (χ4v) is 0.747. The van der Waals surface area contributed by atoms with Gasteiger partial charge in [-0.15, -0.1) is 0 Å². The molecule has 1 aromatic heterocycles. The van der Waals surface area contributed by atoms with E-state index in [9.17, 15) is 0 Å². The maximum Gasteiger partial charge on any atom is 0.231 e. The van der Waals surface area contributed by atoms with Crippen LogP contribution in [0.5, 0.6) is 5.88 Å². The third-order valence-electron chi connectivity index (χ3n) is 1.25. The van der Waals surface area contributed by atoms with Crippen molar-refractivity contribution in [2.45, 2.75) is 0 Å². The van der Waals surface area contributed by atoms with Gasteiger partial charge in [-0.25, -0.2) is 4.98 Å². The number of rotatable bonds is 3. The van der Waals surface area contributed by atoms with E-state index in [1.807, 2.05) is 6.07 Å². The molecular formula is C8H9N3O. The van der Waals surface area contributed by atoms with Crippen molar-refractivity contribution in [1.29, 1.82) is 5.26 Å². The molecule has 2 N–H and O–H groups in total. The summed E-state index contributed by atoms with van der Waals surface area (Å²) in [4.78, 5) is 3.89. The van der Waals surface area contributed by atoms with Gasteiger partial charge in [0.05, 0.1) is 0 Å². The Morgan fingerprint density at radius 2 is 2.50 bits per heavy atom. The molecule has 0 aliphatic carbocycles. The van der Waals surface area contributed by atoms with Crippen LogP contribution in [0.3, 0.4) is 0 Å². The first kappa shape index (κ1) is 8.50. The lowest BCUT2D eigenvalue weighted by molar-refractivity contribution is 0.314. The van der Waals surface area contributed by atoms with Crippen LogP contribution in [0.2, 0.25) is 0 Å². The third kappa shape index (κ3) is 1.94. The maximum atomic E-state index is 8.62. The molecule has 0 amide bonds. The predicted molar refractivity (Wildman–Crippen MR) is 43.5 cm³/mol. The minimum atomic E-state index is 0.352. The SMILES string of the molecule is N#Cc1cccnc1OCCN. The van der Waals surface area contributed by atoms with E-state index in [2.05, 4.69) is 4.98 Å². The van der Waals surface area contributed by atoms with Crippen molar-refractivity contribution in [3.05, 3.63) is 23.9 Å². The molecule has 0 fully saturated rings. The van der Waals surface area contributed by atoms with Crippen LogP contribution >= 0.6 is 0 Å². The third-order valence-corrected chi connectivity index (χ3v) is 1.25. The molecule has 1 heterocycles. The Bertz CT molecular complexity index is 293. The molecule has 0 saturated heterocycles.